The SMILES string of the molecule is O=S(=O)(Cc1ccccc1)c1ccccc1Cl. The van der Waals surface area contributed by atoms with Crippen LogP contribution in [0.15, 0.2) is 59.5 Å². The van der Waals surface area contributed by atoms with Crippen molar-refractivity contribution >= 4 is 21.4 Å². The summed E-state index contributed by atoms with van der Waals surface area (Å²) >= 11 is 5.90. The third-order valence-electron chi connectivity index (χ3n) is 2.37. The molecule has 0 saturated heterocycles. The van der Waals surface area contributed by atoms with E-state index >= 15 is 0 Å². The second-order valence-electron chi connectivity index (χ2n) is 3.68. The molecule has 0 spiro atoms. The van der Waals surface area contributed by atoms with Gasteiger partial charge >= 0.3 is 0 Å². The number of rotatable bonds is 3. The lowest BCUT2D eigenvalue weighted by Crippen LogP contribution is -2.05. The predicted octanol–water partition coefficient (Wildman–Crippen LogP) is 3.31. The fourth-order valence-corrected chi connectivity index (χ4v) is 3.49. The maximum absolute atomic E-state index is 12.1. The summed E-state index contributed by atoms with van der Waals surface area (Å²) in [5, 5.41) is 0.267. The second-order valence-corrected chi connectivity index (χ2v) is 6.04. The Morgan fingerprint density at radius 1 is 0.882 bits per heavy atom. The fourth-order valence-electron chi connectivity index (χ4n) is 1.57. The van der Waals surface area contributed by atoms with Crippen LogP contribution in [-0.4, -0.2) is 8.42 Å². The van der Waals surface area contributed by atoms with E-state index in [1.54, 1.807) is 30.3 Å². The highest BCUT2D eigenvalue weighted by molar-refractivity contribution is 7.90. The molecule has 0 aromatic heterocycles. The van der Waals surface area contributed by atoms with Crippen molar-refractivity contribution < 1.29 is 8.42 Å². The molecular weight excluding hydrogens is 256 g/mol. The molecular formula is C13H11ClO2S. The van der Waals surface area contributed by atoms with E-state index in [4.69, 9.17) is 11.6 Å². The maximum atomic E-state index is 12.1. The molecule has 4 heteroatoms. The van der Waals surface area contributed by atoms with Gasteiger partial charge in [0.25, 0.3) is 0 Å². The van der Waals surface area contributed by atoms with Gasteiger partial charge in [-0.1, -0.05) is 54.1 Å². The van der Waals surface area contributed by atoms with Crippen molar-refractivity contribution in [3.8, 4) is 0 Å². The lowest BCUT2D eigenvalue weighted by atomic mass is 10.2. The van der Waals surface area contributed by atoms with Crippen LogP contribution in [-0.2, 0) is 15.6 Å². The summed E-state index contributed by atoms with van der Waals surface area (Å²) in [6, 6.07) is 15.6. The Bertz CT molecular complexity index is 606. The number of hydrogen-bond donors (Lipinski definition) is 0. The van der Waals surface area contributed by atoms with Gasteiger partial charge in [0, 0.05) is 0 Å². The minimum Gasteiger partial charge on any atom is -0.223 e. The van der Waals surface area contributed by atoms with Gasteiger partial charge in [-0.15, -0.1) is 0 Å². The molecule has 0 saturated carbocycles. The molecule has 0 fully saturated rings. The Hall–Kier alpha value is -1.32. The smallest absolute Gasteiger partial charge is 0.183 e. The second kappa shape index (κ2) is 4.90. The van der Waals surface area contributed by atoms with Crippen molar-refractivity contribution in [3.05, 3.63) is 65.2 Å². The molecule has 2 aromatic rings. The Labute approximate surface area is 106 Å². The van der Waals surface area contributed by atoms with Crippen molar-refractivity contribution in [2.24, 2.45) is 0 Å². The highest BCUT2D eigenvalue weighted by Crippen LogP contribution is 2.24. The minimum absolute atomic E-state index is 0.0302. The van der Waals surface area contributed by atoms with Gasteiger partial charge in [-0.05, 0) is 17.7 Å². The van der Waals surface area contributed by atoms with Gasteiger partial charge in [-0.3, -0.25) is 0 Å². The lowest BCUT2D eigenvalue weighted by Gasteiger charge is -2.06. The molecule has 0 bridgehead atoms. The highest BCUT2D eigenvalue weighted by atomic mass is 35.5. The summed E-state index contributed by atoms with van der Waals surface area (Å²) in [5.41, 5.74) is 0.757. The summed E-state index contributed by atoms with van der Waals surface area (Å²) in [6.45, 7) is 0. The van der Waals surface area contributed by atoms with E-state index in [1.807, 2.05) is 18.2 Å². The summed E-state index contributed by atoms with van der Waals surface area (Å²) in [5.74, 6) is -0.0302. The van der Waals surface area contributed by atoms with Crippen molar-refractivity contribution in [1.82, 2.24) is 0 Å². The lowest BCUT2D eigenvalue weighted by molar-refractivity contribution is 0.595. The van der Waals surface area contributed by atoms with Gasteiger partial charge in [0.1, 0.15) is 0 Å². The zero-order valence-corrected chi connectivity index (χ0v) is 10.6. The Kier molecular flexibility index (Phi) is 3.50. The molecule has 17 heavy (non-hydrogen) atoms. The van der Waals surface area contributed by atoms with Crippen LogP contribution in [0.3, 0.4) is 0 Å². The monoisotopic (exact) mass is 266 g/mol. The fraction of sp³-hybridized carbons (Fsp3) is 0.0769. The third kappa shape index (κ3) is 2.87. The average molecular weight is 267 g/mol. The normalized spacial score (nSPS) is 11.4. The third-order valence-corrected chi connectivity index (χ3v) is 4.55. The van der Waals surface area contributed by atoms with Crippen molar-refractivity contribution in [2.75, 3.05) is 0 Å². The van der Waals surface area contributed by atoms with E-state index in [1.165, 1.54) is 6.07 Å². The van der Waals surface area contributed by atoms with Crippen molar-refractivity contribution in [1.29, 1.82) is 0 Å². The van der Waals surface area contributed by atoms with E-state index in [-0.39, 0.29) is 15.7 Å². The zero-order chi connectivity index (χ0) is 12.3. The molecule has 0 unspecified atom stereocenters. The first kappa shape index (κ1) is 12.1. The molecule has 0 N–H and O–H groups in total. The number of hydrogen-bond acceptors (Lipinski definition) is 2. The van der Waals surface area contributed by atoms with Crippen LogP contribution in [0.4, 0.5) is 0 Å². The Morgan fingerprint density at radius 2 is 1.47 bits per heavy atom. The molecule has 0 atom stereocenters. The molecule has 0 aliphatic rings. The molecule has 2 aromatic carbocycles. The van der Waals surface area contributed by atoms with E-state index in [9.17, 15) is 8.42 Å². The van der Waals surface area contributed by atoms with Crippen LogP contribution in [0.25, 0.3) is 0 Å². The summed E-state index contributed by atoms with van der Waals surface area (Å²) in [6.07, 6.45) is 0. The van der Waals surface area contributed by atoms with Gasteiger partial charge in [-0.2, -0.15) is 0 Å². The first-order chi connectivity index (χ1) is 8.09. The quantitative estimate of drug-likeness (QED) is 0.854. The molecule has 2 rings (SSSR count). The number of halogens is 1. The molecule has 0 radical (unpaired) electrons. The topological polar surface area (TPSA) is 34.1 Å². The van der Waals surface area contributed by atoms with Crippen molar-refractivity contribution in [3.63, 3.8) is 0 Å². The van der Waals surface area contributed by atoms with Crippen molar-refractivity contribution in [2.45, 2.75) is 10.6 Å². The predicted molar refractivity (Wildman–Crippen MR) is 68.8 cm³/mol. The Morgan fingerprint density at radius 3 is 2.12 bits per heavy atom. The standard InChI is InChI=1S/C13H11ClO2S/c14-12-8-4-5-9-13(12)17(15,16)10-11-6-2-1-3-7-11/h1-9H,10H2. The van der Waals surface area contributed by atoms with E-state index in [0.29, 0.717) is 0 Å². The zero-order valence-electron chi connectivity index (χ0n) is 9.01. The molecule has 2 nitrogen and oxygen atoms in total. The average Bonchev–Trinajstić information content (AvgIpc) is 2.30. The van der Waals surface area contributed by atoms with Gasteiger partial charge in [0.15, 0.2) is 9.84 Å². The van der Waals surface area contributed by atoms with Gasteiger partial charge in [0.2, 0.25) is 0 Å². The van der Waals surface area contributed by atoms with E-state index in [0.717, 1.165) is 5.56 Å². The molecule has 0 aliphatic carbocycles. The van der Waals surface area contributed by atoms with E-state index < -0.39 is 9.84 Å². The summed E-state index contributed by atoms with van der Waals surface area (Å²) in [4.78, 5) is 0.186. The van der Waals surface area contributed by atoms with Crippen LogP contribution in [0.1, 0.15) is 5.56 Å². The van der Waals surface area contributed by atoms with Crippen LogP contribution in [0, 0.1) is 0 Å². The van der Waals surface area contributed by atoms with E-state index in [2.05, 4.69) is 0 Å². The Balaban J connectivity index is 2.36. The largest absolute Gasteiger partial charge is 0.223 e. The number of benzene rings is 2. The summed E-state index contributed by atoms with van der Waals surface area (Å²) < 4.78 is 24.3. The molecule has 0 amide bonds. The van der Waals surface area contributed by atoms with Crippen LogP contribution < -0.4 is 0 Å². The van der Waals surface area contributed by atoms with Crippen LogP contribution >= 0.6 is 11.6 Å². The maximum Gasteiger partial charge on any atom is 0.183 e. The summed E-state index contributed by atoms with van der Waals surface area (Å²) in [7, 11) is -3.38. The van der Waals surface area contributed by atoms with Crippen LogP contribution in [0.5, 0.6) is 0 Å². The number of sulfone groups is 1. The molecule has 0 heterocycles. The van der Waals surface area contributed by atoms with Gasteiger partial charge < -0.3 is 0 Å². The highest BCUT2D eigenvalue weighted by Gasteiger charge is 2.17. The first-order valence-corrected chi connectivity index (χ1v) is 7.14. The minimum atomic E-state index is -3.38. The van der Waals surface area contributed by atoms with Crippen LogP contribution in [0.2, 0.25) is 5.02 Å². The molecule has 88 valence electrons. The first-order valence-electron chi connectivity index (χ1n) is 5.11. The van der Waals surface area contributed by atoms with Gasteiger partial charge in [0.05, 0.1) is 15.7 Å². The van der Waals surface area contributed by atoms with Gasteiger partial charge in [-0.25, -0.2) is 8.42 Å². The molecule has 0 aliphatic heterocycles.